The molecule has 2 heterocycles. The fourth-order valence-corrected chi connectivity index (χ4v) is 2.74. The summed E-state index contributed by atoms with van der Waals surface area (Å²) in [5.74, 6) is 1.59. The molecular weight excluding hydrogens is 467 g/mol. The number of guanidine groups is 1. The highest BCUT2D eigenvalue weighted by molar-refractivity contribution is 14.0. The van der Waals surface area contributed by atoms with Crippen molar-refractivity contribution in [2.45, 2.75) is 33.5 Å². The molecule has 0 aliphatic rings. The van der Waals surface area contributed by atoms with Crippen LogP contribution in [0.15, 0.2) is 53.7 Å². The molecule has 28 heavy (non-hydrogen) atoms. The molecule has 0 bridgehead atoms. The van der Waals surface area contributed by atoms with Crippen molar-refractivity contribution in [3.63, 3.8) is 0 Å². The molecule has 0 saturated carbocycles. The van der Waals surface area contributed by atoms with Crippen LogP contribution in [0.25, 0.3) is 5.65 Å². The second-order valence-corrected chi connectivity index (χ2v) is 6.00. The summed E-state index contributed by atoms with van der Waals surface area (Å²) in [5.41, 5.74) is 3.17. The lowest BCUT2D eigenvalue weighted by molar-refractivity contribution is 0.133. The van der Waals surface area contributed by atoms with Gasteiger partial charge in [-0.05, 0) is 37.1 Å². The van der Waals surface area contributed by atoms with Crippen molar-refractivity contribution in [2.24, 2.45) is 4.99 Å². The lowest BCUT2D eigenvalue weighted by Gasteiger charge is -2.12. The van der Waals surface area contributed by atoms with Gasteiger partial charge < -0.3 is 15.4 Å². The van der Waals surface area contributed by atoms with E-state index in [0.29, 0.717) is 26.3 Å². The molecule has 0 amide bonds. The normalized spacial score (nSPS) is 11.3. The minimum atomic E-state index is 0. The van der Waals surface area contributed by atoms with E-state index in [4.69, 9.17) is 9.73 Å². The van der Waals surface area contributed by atoms with Crippen LogP contribution in [0.3, 0.4) is 0 Å². The molecule has 2 N–H and O–H groups in total. The molecule has 0 spiro atoms. The average Bonchev–Trinajstić information content (AvgIpc) is 3.12. The third-order valence-electron chi connectivity index (χ3n) is 4.13. The Kier molecular flexibility index (Phi) is 9.15. The predicted molar refractivity (Wildman–Crippen MR) is 122 cm³/mol. The molecule has 0 fully saturated rings. The van der Waals surface area contributed by atoms with E-state index in [9.17, 15) is 0 Å². The molecule has 0 unspecified atom stereocenters. The van der Waals surface area contributed by atoms with E-state index < -0.39 is 0 Å². The van der Waals surface area contributed by atoms with Crippen LogP contribution < -0.4 is 10.6 Å². The highest BCUT2D eigenvalue weighted by Gasteiger charge is 2.06. The van der Waals surface area contributed by atoms with Crippen molar-refractivity contribution in [3.8, 4) is 0 Å². The fourth-order valence-electron chi connectivity index (χ4n) is 2.74. The summed E-state index contributed by atoms with van der Waals surface area (Å²) in [6, 6.07) is 14.1. The number of halogens is 1. The van der Waals surface area contributed by atoms with E-state index in [0.717, 1.165) is 29.5 Å². The molecule has 0 radical (unpaired) electrons. The van der Waals surface area contributed by atoms with Gasteiger partial charge in [0.2, 0.25) is 0 Å². The molecule has 2 aromatic heterocycles. The lowest BCUT2D eigenvalue weighted by atomic mass is 10.1. The molecule has 7 nitrogen and oxygen atoms in total. The Morgan fingerprint density at radius 1 is 1.04 bits per heavy atom. The number of hydrogen-bond acceptors (Lipinski definition) is 4. The first-order valence-corrected chi connectivity index (χ1v) is 9.27. The highest BCUT2D eigenvalue weighted by atomic mass is 127. The third-order valence-corrected chi connectivity index (χ3v) is 4.13. The second-order valence-electron chi connectivity index (χ2n) is 6.00. The quantitative estimate of drug-likeness (QED) is 0.286. The standard InChI is InChI=1S/C20H26N6O.HI/c1-3-21-20(22-13-16-9-5-6-10-17(16)15-27-4-2)23-14-19-25-24-18-11-7-8-12-26(18)19;/h5-12H,3-4,13-15H2,1-2H3,(H2,21,22,23);1H. The first kappa shape index (κ1) is 22.1. The molecule has 8 heteroatoms. The average molecular weight is 494 g/mol. The number of benzene rings is 1. The van der Waals surface area contributed by atoms with E-state index in [-0.39, 0.29) is 24.0 Å². The Labute approximate surface area is 182 Å². The molecule has 150 valence electrons. The molecule has 0 atom stereocenters. The molecule has 0 aliphatic carbocycles. The number of fused-ring (bicyclic) bond motifs is 1. The monoisotopic (exact) mass is 494 g/mol. The molecule has 3 aromatic rings. The van der Waals surface area contributed by atoms with Crippen LogP contribution in [0.4, 0.5) is 0 Å². The van der Waals surface area contributed by atoms with Crippen LogP contribution >= 0.6 is 24.0 Å². The number of ether oxygens (including phenoxy) is 1. The van der Waals surface area contributed by atoms with Crippen molar-refractivity contribution in [3.05, 3.63) is 65.6 Å². The zero-order valence-corrected chi connectivity index (χ0v) is 18.6. The Hall–Kier alpha value is -2.20. The first-order valence-electron chi connectivity index (χ1n) is 9.27. The van der Waals surface area contributed by atoms with Crippen molar-refractivity contribution in [2.75, 3.05) is 13.2 Å². The SMILES string of the molecule is CCNC(=NCc1ccccc1COCC)NCc1nnc2ccccn12.I. The van der Waals surface area contributed by atoms with Crippen molar-refractivity contribution < 1.29 is 4.74 Å². The zero-order valence-electron chi connectivity index (χ0n) is 16.3. The van der Waals surface area contributed by atoms with E-state index in [1.807, 2.05) is 54.8 Å². The van der Waals surface area contributed by atoms with Crippen LogP contribution in [-0.4, -0.2) is 33.7 Å². The first-order chi connectivity index (χ1) is 13.3. The maximum absolute atomic E-state index is 5.55. The largest absolute Gasteiger partial charge is 0.377 e. The topological polar surface area (TPSA) is 75.8 Å². The Balaban J connectivity index is 0.00000280. The highest BCUT2D eigenvalue weighted by Crippen LogP contribution is 2.11. The van der Waals surface area contributed by atoms with Crippen LogP contribution in [0.1, 0.15) is 30.8 Å². The smallest absolute Gasteiger partial charge is 0.191 e. The molecular formula is C20H27IN6O. The predicted octanol–water partition coefficient (Wildman–Crippen LogP) is 3.14. The van der Waals surface area contributed by atoms with Gasteiger partial charge in [-0.3, -0.25) is 4.40 Å². The van der Waals surface area contributed by atoms with E-state index in [1.54, 1.807) is 0 Å². The van der Waals surface area contributed by atoms with Gasteiger partial charge in [0, 0.05) is 19.3 Å². The molecule has 1 aromatic carbocycles. The number of rotatable bonds is 8. The molecule has 0 saturated heterocycles. The summed E-state index contributed by atoms with van der Waals surface area (Å²) in [6.45, 7) is 7.27. The minimum absolute atomic E-state index is 0. The van der Waals surface area contributed by atoms with Gasteiger partial charge in [0.25, 0.3) is 0 Å². The number of aromatic nitrogens is 3. The van der Waals surface area contributed by atoms with Crippen LogP contribution in [0.5, 0.6) is 0 Å². The minimum Gasteiger partial charge on any atom is -0.377 e. The molecule has 3 rings (SSSR count). The van der Waals surface area contributed by atoms with Crippen LogP contribution in [0.2, 0.25) is 0 Å². The Bertz CT molecular complexity index is 895. The molecule has 0 aliphatic heterocycles. The fraction of sp³-hybridized carbons (Fsp3) is 0.350. The number of nitrogens with one attached hydrogen (secondary N) is 2. The van der Waals surface area contributed by atoms with Gasteiger partial charge in [0.05, 0.1) is 19.7 Å². The van der Waals surface area contributed by atoms with Gasteiger partial charge >= 0.3 is 0 Å². The third kappa shape index (κ3) is 5.90. The summed E-state index contributed by atoms with van der Waals surface area (Å²) >= 11 is 0. The summed E-state index contributed by atoms with van der Waals surface area (Å²) in [5, 5.41) is 15.0. The summed E-state index contributed by atoms with van der Waals surface area (Å²) in [7, 11) is 0. The maximum atomic E-state index is 5.55. The van der Waals surface area contributed by atoms with E-state index in [2.05, 4.69) is 33.0 Å². The summed E-state index contributed by atoms with van der Waals surface area (Å²) in [4.78, 5) is 4.71. The van der Waals surface area contributed by atoms with Gasteiger partial charge in [-0.2, -0.15) is 0 Å². The maximum Gasteiger partial charge on any atom is 0.191 e. The van der Waals surface area contributed by atoms with Gasteiger partial charge in [-0.15, -0.1) is 34.2 Å². The van der Waals surface area contributed by atoms with Crippen molar-refractivity contribution >= 4 is 35.6 Å². The summed E-state index contributed by atoms with van der Waals surface area (Å²) < 4.78 is 7.52. The zero-order chi connectivity index (χ0) is 18.9. The van der Waals surface area contributed by atoms with Crippen molar-refractivity contribution in [1.82, 2.24) is 25.2 Å². The number of aliphatic imine (C=N–C) groups is 1. The number of pyridine rings is 1. The lowest BCUT2D eigenvalue weighted by Crippen LogP contribution is -2.37. The van der Waals surface area contributed by atoms with Gasteiger partial charge in [0.15, 0.2) is 17.4 Å². The Morgan fingerprint density at radius 2 is 1.82 bits per heavy atom. The number of nitrogens with zero attached hydrogens (tertiary/aromatic N) is 4. The Morgan fingerprint density at radius 3 is 2.61 bits per heavy atom. The van der Waals surface area contributed by atoms with Crippen molar-refractivity contribution in [1.29, 1.82) is 0 Å². The number of hydrogen-bond donors (Lipinski definition) is 2. The van der Waals surface area contributed by atoms with Gasteiger partial charge in [-0.25, -0.2) is 4.99 Å². The summed E-state index contributed by atoms with van der Waals surface area (Å²) in [6.07, 6.45) is 1.96. The van der Waals surface area contributed by atoms with E-state index in [1.165, 1.54) is 5.56 Å². The van der Waals surface area contributed by atoms with Crippen LogP contribution in [0, 0.1) is 0 Å². The van der Waals surface area contributed by atoms with Crippen LogP contribution in [-0.2, 0) is 24.4 Å². The van der Waals surface area contributed by atoms with Gasteiger partial charge in [-0.1, -0.05) is 30.3 Å². The second kappa shape index (κ2) is 11.6. The van der Waals surface area contributed by atoms with E-state index >= 15 is 0 Å². The van der Waals surface area contributed by atoms with Gasteiger partial charge in [0.1, 0.15) is 0 Å².